The van der Waals surface area contributed by atoms with Crippen LogP contribution in [0.3, 0.4) is 0 Å². The third kappa shape index (κ3) is 2.42. The van der Waals surface area contributed by atoms with Crippen molar-refractivity contribution >= 4 is 17.5 Å². The largest absolute Gasteiger partial charge is 0.274 e. The Labute approximate surface area is 80.7 Å². The average molecular weight is 197 g/mol. The van der Waals surface area contributed by atoms with E-state index in [1.165, 1.54) is 28.7 Å². The Morgan fingerprint density at radius 2 is 2.31 bits per heavy atom. The lowest BCUT2D eigenvalue weighted by atomic mass is 10.5. The Bertz CT molecular complexity index is 379. The van der Waals surface area contributed by atoms with E-state index >= 15 is 0 Å². The first-order valence-corrected chi connectivity index (χ1v) is 5.02. The Hall–Kier alpha value is -1.10. The molecule has 0 saturated carbocycles. The second-order valence-electron chi connectivity index (χ2n) is 2.63. The minimum absolute atomic E-state index is 0.152. The molecule has 0 amide bonds. The zero-order valence-electron chi connectivity index (χ0n) is 7.81. The minimum atomic E-state index is -0.152. The molecule has 0 aliphatic heterocycles. The highest BCUT2D eigenvalue weighted by molar-refractivity contribution is 7.98. The van der Waals surface area contributed by atoms with E-state index in [9.17, 15) is 4.79 Å². The summed E-state index contributed by atoms with van der Waals surface area (Å²) >= 11 is 1.40. The van der Waals surface area contributed by atoms with E-state index in [0.717, 1.165) is 5.71 Å². The summed E-state index contributed by atoms with van der Waals surface area (Å²) in [5.74, 6) is 0. The lowest BCUT2D eigenvalue weighted by molar-refractivity contribution is 0.687. The van der Waals surface area contributed by atoms with E-state index in [-0.39, 0.29) is 5.56 Å². The molecule has 0 aliphatic rings. The Morgan fingerprint density at radius 3 is 2.85 bits per heavy atom. The van der Waals surface area contributed by atoms with Crippen LogP contribution in [0.15, 0.2) is 27.3 Å². The van der Waals surface area contributed by atoms with Crippen LogP contribution in [0.4, 0.5) is 0 Å². The predicted molar refractivity (Wildman–Crippen MR) is 54.5 cm³/mol. The van der Waals surface area contributed by atoms with E-state index in [2.05, 4.69) is 10.1 Å². The van der Waals surface area contributed by atoms with Gasteiger partial charge < -0.3 is 0 Å². The van der Waals surface area contributed by atoms with Gasteiger partial charge in [0, 0.05) is 18.0 Å². The normalized spacial score (nSPS) is 9.77. The molecule has 0 saturated heterocycles. The van der Waals surface area contributed by atoms with Gasteiger partial charge in [-0.25, -0.2) is 4.98 Å². The van der Waals surface area contributed by atoms with Crippen molar-refractivity contribution in [3.8, 4) is 0 Å². The molecule has 0 spiro atoms. The fourth-order valence-electron chi connectivity index (χ4n) is 0.816. The van der Waals surface area contributed by atoms with Crippen LogP contribution < -0.4 is 5.56 Å². The van der Waals surface area contributed by atoms with Crippen molar-refractivity contribution < 1.29 is 0 Å². The van der Waals surface area contributed by atoms with Crippen molar-refractivity contribution in [1.29, 1.82) is 0 Å². The van der Waals surface area contributed by atoms with Gasteiger partial charge in [-0.3, -0.25) is 4.79 Å². The molecule has 5 heteroatoms. The van der Waals surface area contributed by atoms with Crippen molar-refractivity contribution in [2.75, 3.05) is 6.26 Å². The fraction of sp³-hybridized carbons (Fsp3) is 0.375. The van der Waals surface area contributed by atoms with Gasteiger partial charge in [0.1, 0.15) is 0 Å². The van der Waals surface area contributed by atoms with E-state index < -0.39 is 0 Å². The molecule has 1 aromatic rings. The summed E-state index contributed by atoms with van der Waals surface area (Å²) in [6.45, 7) is 3.67. The third-order valence-corrected chi connectivity index (χ3v) is 1.92. The summed E-state index contributed by atoms with van der Waals surface area (Å²) in [5, 5.41) is 4.67. The van der Waals surface area contributed by atoms with Gasteiger partial charge in [0.25, 0.3) is 5.56 Å². The first-order chi connectivity index (χ1) is 6.15. The number of nitrogens with zero attached hydrogens (tertiary/aromatic N) is 3. The van der Waals surface area contributed by atoms with Gasteiger partial charge in [-0.1, -0.05) is 11.8 Å². The molecule has 0 bridgehead atoms. The topological polar surface area (TPSA) is 47.2 Å². The summed E-state index contributed by atoms with van der Waals surface area (Å²) in [7, 11) is 0. The smallest absolute Gasteiger partial charge is 0.267 e. The number of hydrogen-bond donors (Lipinski definition) is 0. The molecule has 1 heterocycles. The van der Waals surface area contributed by atoms with Crippen LogP contribution in [0, 0.1) is 0 Å². The highest BCUT2D eigenvalue weighted by Gasteiger charge is 2.01. The summed E-state index contributed by atoms with van der Waals surface area (Å²) < 4.78 is 1.31. The fourth-order valence-corrected chi connectivity index (χ4v) is 1.29. The zero-order valence-corrected chi connectivity index (χ0v) is 8.63. The molecule has 0 aromatic carbocycles. The van der Waals surface area contributed by atoms with Crippen molar-refractivity contribution in [2.45, 2.75) is 19.0 Å². The number of hydrogen-bond acceptors (Lipinski definition) is 4. The van der Waals surface area contributed by atoms with Gasteiger partial charge in [0.2, 0.25) is 0 Å². The van der Waals surface area contributed by atoms with E-state index in [1.807, 2.05) is 20.1 Å². The van der Waals surface area contributed by atoms with Crippen LogP contribution in [-0.2, 0) is 0 Å². The Balaban J connectivity index is 3.32. The SMILES string of the molecule is CSc1nccc(=O)n1N=C(C)C. The van der Waals surface area contributed by atoms with Crippen LogP contribution in [0.2, 0.25) is 0 Å². The van der Waals surface area contributed by atoms with Crippen LogP contribution in [-0.4, -0.2) is 21.6 Å². The van der Waals surface area contributed by atoms with Crippen molar-refractivity contribution in [1.82, 2.24) is 9.66 Å². The molecule has 0 aliphatic carbocycles. The van der Waals surface area contributed by atoms with Crippen LogP contribution >= 0.6 is 11.8 Å². The van der Waals surface area contributed by atoms with Crippen molar-refractivity contribution in [3.63, 3.8) is 0 Å². The summed E-state index contributed by atoms with van der Waals surface area (Å²) in [5.41, 5.74) is 0.672. The van der Waals surface area contributed by atoms with Gasteiger partial charge in [-0.05, 0) is 20.1 Å². The molecule has 0 N–H and O–H groups in total. The van der Waals surface area contributed by atoms with Crippen LogP contribution in [0.5, 0.6) is 0 Å². The first kappa shape index (κ1) is 9.98. The molecule has 4 nitrogen and oxygen atoms in total. The quantitative estimate of drug-likeness (QED) is 0.407. The van der Waals surface area contributed by atoms with Crippen molar-refractivity contribution in [3.05, 3.63) is 22.6 Å². The number of rotatable bonds is 2. The second-order valence-corrected chi connectivity index (χ2v) is 3.40. The lowest BCUT2D eigenvalue weighted by Crippen LogP contribution is -2.18. The Morgan fingerprint density at radius 1 is 1.62 bits per heavy atom. The lowest BCUT2D eigenvalue weighted by Gasteiger charge is -2.02. The average Bonchev–Trinajstić information content (AvgIpc) is 2.08. The molecule has 0 unspecified atom stereocenters. The Kier molecular flexibility index (Phi) is 3.25. The maximum atomic E-state index is 11.3. The third-order valence-electron chi connectivity index (χ3n) is 1.27. The molecule has 1 aromatic heterocycles. The van der Waals surface area contributed by atoms with E-state index in [1.54, 1.807) is 0 Å². The molecule has 1 rings (SSSR count). The van der Waals surface area contributed by atoms with Gasteiger partial charge in [0.05, 0.1) is 0 Å². The standard InChI is InChI=1S/C8H11N3OS/c1-6(2)10-11-7(12)4-5-9-8(11)13-3/h4-5H,1-3H3. The molecule has 0 atom stereocenters. The van der Waals surface area contributed by atoms with Gasteiger partial charge >= 0.3 is 0 Å². The van der Waals surface area contributed by atoms with E-state index in [4.69, 9.17) is 0 Å². The van der Waals surface area contributed by atoms with Crippen LogP contribution in [0.1, 0.15) is 13.8 Å². The second kappa shape index (κ2) is 4.23. The van der Waals surface area contributed by atoms with Gasteiger partial charge in [-0.15, -0.1) is 0 Å². The summed E-state index contributed by atoms with van der Waals surface area (Å²) in [6.07, 6.45) is 3.35. The minimum Gasteiger partial charge on any atom is -0.267 e. The molecule has 0 fully saturated rings. The van der Waals surface area contributed by atoms with Gasteiger partial charge in [0.15, 0.2) is 5.16 Å². The maximum Gasteiger partial charge on any atom is 0.274 e. The first-order valence-electron chi connectivity index (χ1n) is 3.79. The summed E-state index contributed by atoms with van der Waals surface area (Å²) in [4.78, 5) is 15.4. The molecular formula is C8H11N3OS. The van der Waals surface area contributed by atoms with Crippen LogP contribution in [0.25, 0.3) is 0 Å². The molecule has 70 valence electrons. The highest BCUT2D eigenvalue weighted by atomic mass is 32.2. The molecular weight excluding hydrogens is 186 g/mol. The van der Waals surface area contributed by atoms with E-state index in [0.29, 0.717) is 5.16 Å². The van der Waals surface area contributed by atoms with Gasteiger partial charge in [-0.2, -0.15) is 9.78 Å². The predicted octanol–water partition coefficient (Wildman–Crippen LogP) is 1.21. The molecule has 13 heavy (non-hydrogen) atoms. The zero-order chi connectivity index (χ0) is 9.84. The highest BCUT2D eigenvalue weighted by Crippen LogP contribution is 2.07. The monoisotopic (exact) mass is 197 g/mol. The maximum absolute atomic E-state index is 11.3. The number of aromatic nitrogens is 2. The molecule has 0 radical (unpaired) electrons. The number of thioether (sulfide) groups is 1. The summed E-state index contributed by atoms with van der Waals surface area (Å²) in [6, 6.07) is 1.40. The van der Waals surface area contributed by atoms with Crippen molar-refractivity contribution in [2.24, 2.45) is 5.10 Å².